The number of nitrogens with one attached hydrogen (secondary N) is 1. The van der Waals surface area contributed by atoms with Crippen LogP contribution in [-0.4, -0.2) is 25.3 Å². The Bertz CT molecular complexity index is 433. The van der Waals surface area contributed by atoms with Crippen molar-refractivity contribution in [1.29, 1.82) is 0 Å². The van der Waals surface area contributed by atoms with E-state index in [1.165, 1.54) is 0 Å². The van der Waals surface area contributed by atoms with Crippen molar-refractivity contribution < 1.29 is 22.7 Å². The van der Waals surface area contributed by atoms with Crippen LogP contribution in [0.4, 0.5) is 18.9 Å². The second kappa shape index (κ2) is 6.53. The summed E-state index contributed by atoms with van der Waals surface area (Å²) in [5.74, 6) is -0.655. The summed E-state index contributed by atoms with van der Waals surface area (Å²) in [5, 5.41) is 2.47. The molecule has 0 heterocycles. The Hall–Kier alpha value is -1.60. The molecule has 0 saturated heterocycles. The smallest absolute Gasteiger partial charge is 0.362 e. The van der Waals surface area contributed by atoms with Gasteiger partial charge in [-0.2, -0.15) is 13.2 Å². The second-order valence-corrected chi connectivity index (χ2v) is 4.03. The molecule has 4 nitrogen and oxygen atoms in total. The Kier molecular flexibility index (Phi) is 5.31. The number of hydrogen-bond donors (Lipinski definition) is 2. The van der Waals surface area contributed by atoms with Gasteiger partial charge in [0.15, 0.2) is 0 Å². The third kappa shape index (κ3) is 5.71. The highest BCUT2D eigenvalue weighted by atomic mass is 19.4. The molecule has 0 radical (unpaired) electrons. The van der Waals surface area contributed by atoms with Crippen molar-refractivity contribution in [2.75, 3.05) is 18.5 Å². The lowest BCUT2D eigenvalue weighted by Crippen LogP contribution is -2.24. The number of halogens is 3. The van der Waals surface area contributed by atoms with E-state index in [9.17, 15) is 18.0 Å². The maximum Gasteiger partial charge on any atom is 0.411 e. The first kappa shape index (κ1) is 15.5. The van der Waals surface area contributed by atoms with Crippen molar-refractivity contribution >= 4 is 11.6 Å². The van der Waals surface area contributed by atoms with Crippen molar-refractivity contribution in [2.45, 2.75) is 19.1 Å². The van der Waals surface area contributed by atoms with E-state index in [1.54, 1.807) is 31.2 Å². The summed E-state index contributed by atoms with van der Waals surface area (Å²) in [4.78, 5) is 11.4. The standard InChI is InChI=1S/C12H15F3N2O2/c1-8(16)9-4-2-3-5-10(9)17-11(18)6-19-7-12(13,14)15/h2-5,8H,6-7,16H2,1H3,(H,17,18). The van der Waals surface area contributed by atoms with Crippen LogP contribution < -0.4 is 11.1 Å². The topological polar surface area (TPSA) is 64.3 Å². The van der Waals surface area contributed by atoms with Crippen molar-refractivity contribution in [3.8, 4) is 0 Å². The summed E-state index contributed by atoms with van der Waals surface area (Å²) >= 11 is 0. The summed E-state index contributed by atoms with van der Waals surface area (Å²) in [6, 6.07) is 6.51. The van der Waals surface area contributed by atoms with Gasteiger partial charge in [0.25, 0.3) is 0 Å². The van der Waals surface area contributed by atoms with Crippen LogP contribution in [0.2, 0.25) is 0 Å². The zero-order chi connectivity index (χ0) is 14.5. The molecular weight excluding hydrogens is 261 g/mol. The molecule has 1 aromatic carbocycles. The predicted molar refractivity (Wildman–Crippen MR) is 64.5 cm³/mol. The van der Waals surface area contributed by atoms with Crippen LogP contribution in [0.25, 0.3) is 0 Å². The maximum atomic E-state index is 11.8. The first-order chi connectivity index (χ1) is 8.79. The zero-order valence-electron chi connectivity index (χ0n) is 10.3. The third-order valence-corrected chi connectivity index (χ3v) is 2.22. The molecule has 1 atom stereocenters. The molecule has 7 heteroatoms. The fraction of sp³-hybridized carbons (Fsp3) is 0.417. The van der Waals surface area contributed by atoms with E-state index < -0.39 is 25.3 Å². The van der Waals surface area contributed by atoms with Crippen LogP contribution in [-0.2, 0) is 9.53 Å². The van der Waals surface area contributed by atoms with Gasteiger partial charge >= 0.3 is 6.18 Å². The number of rotatable bonds is 5. The lowest BCUT2D eigenvalue weighted by Gasteiger charge is -2.14. The number of benzene rings is 1. The van der Waals surface area contributed by atoms with Gasteiger partial charge in [0.05, 0.1) is 0 Å². The van der Waals surface area contributed by atoms with E-state index in [2.05, 4.69) is 10.1 Å². The molecule has 0 spiro atoms. The van der Waals surface area contributed by atoms with E-state index in [4.69, 9.17) is 5.73 Å². The van der Waals surface area contributed by atoms with Crippen molar-refractivity contribution in [2.24, 2.45) is 5.73 Å². The molecule has 0 aromatic heterocycles. The van der Waals surface area contributed by atoms with E-state index >= 15 is 0 Å². The minimum atomic E-state index is -4.44. The fourth-order valence-electron chi connectivity index (χ4n) is 1.45. The van der Waals surface area contributed by atoms with E-state index in [0.29, 0.717) is 11.3 Å². The second-order valence-electron chi connectivity index (χ2n) is 4.03. The van der Waals surface area contributed by atoms with Gasteiger partial charge in [0, 0.05) is 11.7 Å². The molecule has 0 aliphatic heterocycles. The average Bonchev–Trinajstić information content (AvgIpc) is 2.27. The van der Waals surface area contributed by atoms with E-state index in [0.717, 1.165) is 0 Å². The van der Waals surface area contributed by atoms with Crippen LogP contribution in [0, 0.1) is 0 Å². The molecule has 1 rings (SSSR count). The first-order valence-corrected chi connectivity index (χ1v) is 5.58. The molecule has 0 bridgehead atoms. The predicted octanol–water partition coefficient (Wildman–Crippen LogP) is 2.22. The number of carbonyl (C=O) groups excluding carboxylic acids is 1. The molecule has 1 amide bonds. The van der Waals surface area contributed by atoms with Crippen LogP contribution in [0.5, 0.6) is 0 Å². The highest BCUT2D eigenvalue weighted by molar-refractivity contribution is 5.92. The van der Waals surface area contributed by atoms with E-state index in [-0.39, 0.29) is 6.04 Å². The Labute approximate surface area is 108 Å². The third-order valence-electron chi connectivity index (χ3n) is 2.22. The summed E-state index contributed by atoms with van der Waals surface area (Å²) in [7, 11) is 0. The Balaban J connectivity index is 2.53. The van der Waals surface area contributed by atoms with Crippen molar-refractivity contribution in [3.63, 3.8) is 0 Å². The molecule has 1 unspecified atom stereocenters. The van der Waals surface area contributed by atoms with Gasteiger partial charge in [0.2, 0.25) is 5.91 Å². The number of anilines is 1. The van der Waals surface area contributed by atoms with E-state index in [1.807, 2.05) is 0 Å². The van der Waals surface area contributed by atoms with Gasteiger partial charge in [0.1, 0.15) is 13.2 Å². The monoisotopic (exact) mass is 276 g/mol. The number of alkyl halides is 3. The molecular formula is C12H15F3N2O2. The van der Waals surface area contributed by atoms with Gasteiger partial charge in [-0.15, -0.1) is 0 Å². The number of amides is 1. The van der Waals surface area contributed by atoms with Crippen LogP contribution in [0.15, 0.2) is 24.3 Å². The zero-order valence-corrected chi connectivity index (χ0v) is 10.3. The molecule has 0 aliphatic rings. The van der Waals surface area contributed by atoms with Gasteiger partial charge < -0.3 is 15.8 Å². The SMILES string of the molecule is CC(N)c1ccccc1NC(=O)COCC(F)(F)F. The normalized spacial score (nSPS) is 13.1. The number of para-hydroxylation sites is 1. The van der Waals surface area contributed by atoms with Gasteiger partial charge in [-0.25, -0.2) is 0 Å². The molecule has 106 valence electrons. The molecule has 0 aliphatic carbocycles. The molecule has 0 saturated carbocycles. The van der Waals surface area contributed by atoms with Gasteiger partial charge in [-0.1, -0.05) is 18.2 Å². The highest BCUT2D eigenvalue weighted by Gasteiger charge is 2.27. The molecule has 1 aromatic rings. The minimum absolute atomic E-state index is 0.299. The number of carbonyl (C=O) groups is 1. The lowest BCUT2D eigenvalue weighted by molar-refractivity contribution is -0.174. The number of ether oxygens (including phenoxy) is 1. The first-order valence-electron chi connectivity index (χ1n) is 5.58. The van der Waals surface area contributed by atoms with Crippen LogP contribution >= 0.6 is 0 Å². The van der Waals surface area contributed by atoms with Gasteiger partial charge in [-0.05, 0) is 18.6 Å². The van der Waals surface area contributed by atoms with Gasteiger partial charge in [-0.3, -0.25) is 4.79 Å². The average molecular weight is 276 g/mol. The molecule has 0 fully saturated rings. The number of nitrogens with two attached hydrogens (primary N) is 1. The van der Waals surface area contributed by atoms with Crippen LogP contribution in [0.1, 0.15) is 18.5 Å². The molecule has 3 N–H and O–H groups in total. The maximum absolute atomic E-state index is 11.8. The lowest BCUT2D eigenvalue weighted by atomic mass is 10.1. The summed E-state index contributed by atoms with van der Waals surface area (Å²) in [6.45, 7) is -0.368. The Morgan fingerprint density at radius 3 is 2.63 bits per heavy atom. The fourth-order valence-corrected chi connectivity index (χ4v) is 1.45. The van der Waals surface area contributed by atoms with Crippen LogP contribution in [0.3, 0.4) is 0 Å². The Morgan fingerprint density at radius 1 is 1.42 bits per heavy atom. The minimum Gasteiger partial charge on any atom is -0.362 e. The van der Waals surface area contributed by atoms with Crippen molar-refractivity contribution in [3.05, 3.63) is 29.8 Å². The Morgan fingerprint density at radius 2 is 2.05 bits per heavy atom. The highest BCUT2D eigenvalue weighted by Crippen LogP contribution is 2.20. The number of hydrogen-bond acceptors (Lipinski definition) is 3. The van der Waals surface area contributed by atoms with Crippen molar-refractivity contribution in [1.82, 2.24) is 0 Å². The largest absolute Gasteiger partial charge is 0.411 e. The summed E-state index contributed by atoms with van der Waals surface area (Å²) < 4.78 is 39.8. The summed E-state index contributed by atoms with van der Waals surface area (Å²) in [6.07, 6.45) is -4.44. The molecule has 19 heavy (non-hydrogen) atoms. The summed E-state index contributed by atoms with van der Waals surface area (Å²) in [5.41, 5.74) is 6.89. The quantitative estimate of drug-likeness (QED) is 0.866.